The second-order valence-corrected chi connectivity index (χ2v) is 3.70. The van der Waals surface area contributed by atoms with Gasteiger partial charge in [0.05, 0.1) is 12.2 Å². The van der Waals surface area contributed by atoms with E-state index in [1.165, 1.54) is 0 Å². The smallest absolute Gasteiger partial charge is 0.198 e. The predicted octanol–water partition coefficient (Wildman–Crippen LogP) is 2.33. The number of ketones is 1. The van der Waals surface area contributed by atoms with E-state index in [0.29, 0.717) is 12.2 Å². The van der Waals surface area contributed by atoms with Crippen LogP contribution in [0.4, 0.5) is 5.69 Å². The summed E-state index contributed by atoms with van der Waals surface area (Å²) in [5.74, 6) is 0.0938. The number of benzene rings is 1. The number of para-hydroxylation sites is 1. The first-order valence-electron chi connectivity index (χ1n) is 5.20. The van der Waals surface area contributed by atoms with Gasteiger partial charge >= 0.3 is 0 Å². The lowest BCUT2D eigenvalue weighted by molar-refractivity contribution is 0.0996. The van der Waals surface area contributed by atoms with Crippen molar-refractivity contribution < 1.29 is 4.79 Å². The molecular weight excluding hydrogens is 200 g/mol. The van der Waals surface area contributed by atoms with Gasteiger partial charge in [-0.05, 0) is 24.3 Å². The van der Waals surface area contributed by atoms with Crippen molar-refractivity contribution in [1.82, 2.24) is 4.98 Å². The molecule has 0 saturated carbocycles. The Hall–Kier alpha value is -2.03. The van der Waals surface area contributed by atoms with E-state index in [-0.39, 0.29) is 5.78 Å². The van der Waals surface area contributed by atoms with Crippen molar-refractivity contribution in [3.05, 3.63) is 54.4 Å². The van der Waals surface area contributed by atoms with Crippen LogP contribution in [0, 0.1) is 0 Å². The van der Waals surface area contributed by atoms with Gasteiger partial charge in [-0.1, -0.05) is 18.2 Å². The summed E-state index contributed by atoms with van der Waals surface area (Å²) in [6.07, 6.45) is 1.76. The third-order valence-electron chi connectivity index (χ3n) is 2.48. The van der Waals surface area contributed by atoms with Crippen LogP contribution in [0.1, 0.15) is 10.5 Å². The zero-order chi connectivity index (χ0) is 11.4. The molecule has 0 spiro atoms. The summed E-state index contributed by atoms with van der Waals surface area (Å²) in [5, 5.41) is 0. The minimum atomic E-state index is 0.0938. The Morgan fingerprint density at radius 2 is 1.94 bits per heavy atom. The fraction of sp³-hybridized carbons (Fsp3) is 0.154. The molecule has 2 aromatic rings. The quantitative estimate of drug-likeness (QED) is 0.793. The fourth-order valence-electron chi connectivity index (χ4n) is 1.58. The van der Waals surface area contributed by atoms with E-state index in [4.69, 9.17) is 0 Å². The third kappa shape index (κ3) is 2.31. The second kappa shape index (κ2) is 4.66. The van der Waals surface area contributed by atoms with Crippen LogP contribution in [0.25, 0.3) is 0 Å². The van der Waals surface area contributed by atoms with Gasteiger partial charge in [0.1, 0.15) is 0 Å². The van der Waals surface area contributed by atoms with Gasteiger partial charge in [0, 0.05) is 18.9 Å². The molecule has 2 rings (SSSR count). The molecule has 0 atom stereocenters. The molecule has 0 unspecified atom stereocenters. The number of nitrogens with zero attached hydrogens (tertiary/aromatic N) is 1. The summed E-state index contributed by atoms with van der Waals surface area (Å²) in [6.45, 7) is 0.379. The molecule has 3 nitrogen and oxygen atoms in total. The van der Waals surface area contributed by atoms with Gasteiger partial charge in [-0.25, -0.2) is 0 Å². The first kappa shape index (κ1) is 10.5. The van der Waals surface area contributed by atoms with Crippen molar-refractivity contribution in [1.29, 1.82) is 0 Å². The Morgan fingerprint density at radius 1 is 1.19 bits per heavy atom. The Bertz CT molecular complexity index is 448. The van der Waals surface area contributed by atoms with Crippen LogP contribution < -0.4 is 4.90 Å². The zero-order valence-corrected chi connectivity index (χ0v) is 9.18. The van der Waals surface area contributed by atoms with Crippen LogP contribution in [0.15, 0.2) is 48.7 Å². The van der Waals surface area contributed by atoms with Gasteiger partial charge in [-0.3, -0.25) is 4.79 Å². The van der Waals surface area contributed by atoms with Crippen molar-refractivity contribution in [2.45, 2.75) is 0 Å². The summed E-state index contributed by atoms with van der Waals surface area (Å²) in [5.41, 5.74) is 1.70. The molecule has 1 aromatic heterocycles. The summed E-state index contributed by atoms with van der Waals surface area (Å²) in [7, 11) is 1.91. The first-order valence-corrected chi connectivity index (χ1v) is 5.20. The molecule has 1 aromatic carbocycles. The highest BCUT2D eigenvalue weighted by Gasteiger charge is 2.09. The number of likely N-dealkylation sites (N-methyl/N-ethyl adjacent to an activating group) is 1. The molecule has 16 heavy (non-hydrogen) atoms. The Balaban J connectivity index is 2.03. The molecule has 0 aliphatic heterocycles. The molecule has 0 bridgehead atoms. The summed E-state index contributed by atoms with van der Waals surface area (Å²) >= 11 is 0. The maximum atomic E-state index is 11.8. The monoisotopic (exact) mass is 214 g/mol. The number of carbonyl (C=O) groups excluding carboxylic acids is 1. The number of aromatic amines is 1. The van der Waals surface area contributed by atoms with Crippen LogP contribution in [0.3, 0.4) is 0 Å². The van der Waals surface area contributed by atoms with E-state index >= 15 is 0 Å². The van der Waals surface area contributed by atoms with Gasteiger partial charge in [0.2, 0.25) is 0 Å². The average molecular weight is 214 g/mol. The Morgan fingerprint density at radius 3 is 2.56 bits per heavy atom. The van der Waals surface area contributed by atoms with E-state index < -0.39 is 0 Å². The summed E-state index contributed by atoms with van der Waals surface area (Å²) in [4.78, 5) is 16.7. The minimum absolute atomic E-state index is 0.0938. The minimum Gasteiger partial charge on any atom is -0.367 e. The van der Waals surface area contributed by atoms with E-state index in [1.54, 1.807) is 12.3 Å². The normalized spacial score (nSPS) is 10.1. The van der Waals surface area contributed by atoms with Crippen molar-refractivity contribution in [3.8, 4) is 0 Å². The predicted molar refractivity (Wildman–Crippen MR) is 64.8 cm³/mol. The van der Waals surface area contributed by atoms with Crippen LogP contribution in [-0.2, 0) is 0 Å². The molecule has 0 radical (unpaired) electrons. The summed E-state index contributed by atoms with van der Waals surface area (Å²) < 4.78 is 0. The van der Waals surface area contributed by atoms with Gasteiger partial charge in [-0.2, -0.15) is 0 Å². The van der Waals surface area contributed by atoms with E-state index in [2.05, 4.69) is 4.98 Å². The highest BCUT2D eigenvalue weighted by Crippen LogP contribution is 2.11. The molecule has 3 heteroatoms. The molecule has 1 N–H and O–H groups in total. The zero-order valence-electron chi connectivity index (χ0n) is 9.18. The second-order valence-electron chi connectivity index (χ2n) is 3.70. The molecule has 82 valence electrons. The molecule has 0 fully saturated rings. The van der Waals surface area contributed by atoms with Crippen LogP contribution >= 0.6 is 0 Å². The number of carbonyl (C=O) groups is 1. The number of rotatable bonds is 4. The number of Topliss-reactive ketones (excluding diaryl/α,β-unsaturated/α-hetero) is 1. The van der Waals surface area contributed by atoms with E-state index in [9.17, 15) is 4.79 Å². The van der Waals surface area contributed by atoms with Crippen molar-refractivity contribution in [3.63, 3.8) is 0 Å². The van der Waals surface area contributed by atoms with Crippen molar-refractivity contribution in [2.24, 2.45) is 0 Å². The lowest BCUT2D eigenvalue weighted by atomic mass is 10.2. The first-order chi connectivity index (χ1) is 7.77. The van der Waals surface area contributed by atoms with E-state index in [0.717, 1.165) is 5.69 Å². The Labute approximate surface area is 94.7 Å². The molecule has 1 heterocycles. The van der Waals surface area contributed by atoms with E-state index in [1.807, 2.05) is 48.3 Å². The number of hydrogen-bond acceptors (Lipinski definition) is 2. The average Bonchev–Trinajstić information content (AvgIpc) is 2.83. The highest BCUT2D eigenvalue weighted by molar-refractivity contribution is 5.97. The number of nitrogens with one attached hydrogen (secondary N) is 1. The van der Waals surface area contributed by atoms with Crippen molar-refractivity contribution >= 4 is 11.5 Å². The number of hydrogen-bond donors (Lipinski definition) is 1. The van der Waals surface area contributed by atoms with Gasteiger partial charge < -0.3 is 9.88 Å². The lowest BCUT2D eigenvalue weighted by Gasteiger charge is -2.17. The maximum absolute atomic E-state index is 11.8. The maximum Gasteiger partial charge on any atom is 0.198 e. The third-order valence-corrected chi connectivity index (χ3v) is 2.48. The summed E-state index contributed by atoms with van der Waals surface area (Å²) in [6, 6.07) is 13.5. The number of H-pyrrole nitrogens is 1. The fourth-order valence-corrected chi connectivity index (χ4v) is 1.58. The van der Waals surface area contributed by atoms with Gasteiger partial charge in [-0.15, -0.1) is 0 Å². The molecule has 0 aliphatic rings. The van der Waals surface area contributed by atoms with Crippen LogP contribution in [0.5, 0.6) is 0 Å². The standard InChI is InChI=1S/C13H14N2O/c1-15(11-6-3-2-4-7-11)10-13(16)12-8-5-9-14-12/h2-9,14H,10H2,1H3. The van der Waals surface area contributed by atoms with Crippen LogP contribution in [0.2, 0.25) is 0 Å². The van der Waals surface area contributed by atoms with Gasteiger partial charge in [0.15, 0.2) is 5.78 Å². The van der Waals surface area contributed by atoms with Gasteiger partial charge in [0.25, 0.3) is 0 Å². The molecular formula is C13H14N2O. The largest absolute Gasteiger partial charge is 0.367 e. The number of aromatic nitrogens is 1. The van der Waals surface area contributed by atoms with Crippen LogP contribution in [-0.4, -0.2) is 24.4 Å². The molecule has 0 saturated heterocycles. The highest BCUT2D eigenvalue weighted by atomic mass is 16.1. The molecule has 0 amide bonds. The Kier molecular flexibility index (Phi) is 3.05. The molecule has 0 aliphatic carbocycles. The topological polar surface area (TPSA) is 36.1 Å². The number of anilines is 1. The lowest BCUT2D eigenvalue weighted by Crippen LogP contribution is -2.25. The SMILES string of the molecule is CN(CC(=O)c1ccc[nH]1)c1ccccc1. The van der Waals surface area contributed by atoms with Crippen molar-refractivity contribution in [2.75, 3.05) is 18.5 Å².